The number of fused-ring (bicyclic) bond motifs is 1. The summed E-state index contributed by atoms with van der Waals surface area (Å²) in [6.45, 7) is 4.54. The average Bonchev–Trinajstić information content (AvgIpc) is 2.87. The summed E-state index contributed by atoms with van der Waals surface area (Å²) in [6.07, 6.45) is 2.01. The number of aryl methyl sites for hydroxylation is 2. The van der Waals surface area contributed by atoms with Crippen molar-refractivity contribution in [2.75, 3.05) is 7.11 Å². The fourth-order valence-electron chi connectivity index (χ4n) is 2.70. The maximum atomic E-state index is 5.96. The Morgan fingerprint density at radius 3 is 2.67 bits per heavy atom. The van der Waals surface area contributed by atoms with Gasteiger partial charge >= 0.3 is 0 Å². The van der Waals surface area contributed by atoms with E-state index >= 15 is 0 Å². The molecule has 3 aromatic rings. The van der Waals surface area contributed by atoms with Gasteiger partial charge in [0.2, 0.25) is 0 Å². The first-order valence-electron chi connectivity index (χ1n) is 6.97. The van der Waals surface area contributed by atoms with E-state index in [1.54, 1.807) is 7.11 Å². The Kier molecular flexibility index (Phi) is 3.39. The van der Waals surface area contributed by atoms with Crippen LogP contribution in [-0.4, -0.2) is 16.5 Å². The van der Waals surface area contributed by atoms with Crippen molar-refractivity contribution in [2.24, 2.45) is 5.73 Å². The predicted molar refractivity (Wildman–Crippen MR) is 84.5 cm³/mol. The lowest BCUT2D eigenvalue weighted by atomic mass is 10.1. The second-order valence-corrected chi connectivity index (χ2v) is 5.18. The van der Waals surface area contributed by atoms with Gasteiger partial charge in [0.1, 0.15) is 11.4 Å². The van der Waals surface area contributed by atoms with E-state index in [0.29, 0.717) is 6.54 Å². The highest BCUT2D eigenvalue weighted by Crippen LogP contribution is 2.29. The zero-order chi connectivity index (χ0) is 15.0. The summed E-state index contributed by atoms with van der Waals surface area (Å²) in [7, 11) is 1.68. The van der Waals surface area contributed by atoms with Crippen molar-refractivity contribution < 1.29 is 4.74 Å². The first kappa shape index (κ1) is 13.6. The highest BCUT2D eigenvalue weighted by atomic mass is 16.5. The highest BCUT2D eigenvalue weighted by molar-refractivity contribution is 5.69. The number of benzene rings is 1. The molecule has 0 radical (unpaired) electrons. The lowest BCUT2D eigenvalue weighted by Gasteiger charge is -2.07. The van der Waals surface area contributed by atoms with Crippen molar-refractivity contribution in [3.63, 3.8) is 0 Å². The van der Waals surface area contributed by atoms with Crippen LogP contribution < -0.4 is 10.5 Å². The lowest BCUT2D eigenvalue weighted by Crippen LogP contribution is -2.02. The van der Waals surface area contributed by atoms with Gasteiger partial charge < -0.3 is 14.9 Å². The number of hydrogen-bond acceptors (Lipinski definition) is 3. The van der Waals surface area contributed by atoms with Crippen molar-refractivity contribution in [2.45, 2.75) is 20.4 Å². The van der Waals surface area contributed by atoms with Crippen LogP contribution in [0.1, 0.15) is 16.8 Å². The molecule has 2 aromatic heterocycles. The Morgan fingerprint density at radius 2 is 2.00 bits per heavy atom. The minimum atomic E-state index is 0.449. The van der Waals surface area contributed by atoms with E-state index < -0.39 is 0 Å². The molecule has 0 fully saturated rings. The lowest BCUT2D eigenvalue weighted by molar-refractivity contribution is 0.412. The van der Waals surface area contributed by atoms with Crippen LogP contribution in [0.4, 0.5) is 0 Å². The fraction of sp³-hybridized carbons (Fsp3) is 0.235. The second-order valence-electron chi connectivity index (χ2n) is 5.18. The normalized spacial score (nSPS) is 11.0. The predicted octanol–water partition coefficient (Wildman–Crippen LogP) is 3.09. The Balaban J connectivity index is 2.24. The number of methoxy groups -OCH3 is 1. The van der Waals surface area contributed by atoms with Gasteiger partial charge in [-0.05, 0) is 49.2 Å². The number of hydrogen-bond donors (Lipinski definition) is 1. The Labute approximate surface area is 124 Å². The van der Waals surface area contributed by atoms with Gasteiger partial charge in [-0.15, -0.1) is 0 Å². The maximum absolute atomic E-state index is 5.96. The highest BCUT2D eigenvalue weighted by Gasteiger charge is 2.14. The molecule has 0 aliphatic carbocycles. The zero-order valence-electron chi connectivity index (χ0n) is 12.6. The van der Waals surface area contributed by atoms with Gasteiger partial charge in [0.05, 0.1) is 18.5 Å². The van der Waals surface area contributed by atoms with Crippen LogP contribution in [0.2, 0.25) is 0 Å². The van der Waals surface area contributed by atoms with E-state index in [1.807, 2.05) is 31.3 Å². The molecule has 0 aliphatic rings. The number of nitrogens with zero attached hydrogens (tertiary/aromatic N) is 2. The molecule has 0 bridgehead atoms. The van der Waals surface area contributed by atoms with Gasteiger partial charge in [0, 0.05) is 18.3 Å². The van der Waals surface area contributed by atoms with E-state index in [1.165, 1.54) is 0 Å². The van der Waals surface area contributed by atoms with Gasteiger partial charge in [0.25, 0.3) is 0 Å². The third-order valence-electron chi connectivity index (χ3n) is 3.81. The summed E-state index contributed by atoms with van der Waals surface area (Å²) in [5, 5.41) is 0. The largest absolute Gasteiger partial charge is 0.496 e. The van der Waals surface area contributed by atoms with E-state index in [4.69, 9.17) is 15.5 Å². The standard InChI is InChI=1S/C17H19N3O/c1-11-5-4-8-20-14(10-18)16(19-17(11)20)13-6-7-15(21-3)12(2)9-13/h4-9H,10,18H2,1-3H3. The second kappa shape index (κ2) is 5.22. The number of pyridine rings is 1. The monoisotopic (exact) mass is 281 g/mol. The van der Waals surface area contributed by atoms with E-state index in [-0.39, 0.29) is 0 Å². The molecule has 0 aliphatic heterocycles. The van der Waals surface area contributed by atoms with Crippen LogP contribution in [0, 0.1) is 13.8 Å². The molecular weight excluding hydrogens is 262 g/mol. The number of imidazole rings is 1. The summed E-state index contributed by atoms with van der Waals surface area (Å²) in [4.78, 5) is 4.79. The number of ether oxygens (including phenoxy) is 1. The number of aromatic nitrogens is 2. The molecule has 0 saturated carbocycles. The van der Waals surface area contributed by atoms with Crippen LogP contribution in [0.15, 0.2) is 36.5 Å². The van der Waals surface area contributed by atoms with Crippen LogP contribution >= 0.6 is 0 Å². The molecule has 3 rings (SSSR count). The van der Waals surface area contributed by atoms with E-state index in [0.717, 1.165) is 39.5 Å². The molecule has 2 heterocycles. The van der Waals surface area contributed by atoms with Crippen LogP contribution in [0.5, 0.6) is 5.75 Å². The molecule has 4 nitrogen and oxygen atoms in total. The minimum Gasteiger partial charge on any atom is -0.496 e. The van der Waals surface area contributed by atoms with Gasteiger partial charge in [-0.1, -0.05) is 6.07 Å². The maximum Gasteiger partial charge on any atom is 0.140 e. The summed E-state index contributed by atoms with van der Waals surface area (Å²) in [6, 6.07) is 10.2. The molecule has 0 amide bonds. The first-order chi connectivity index (χ1) is 10.2. The van der Waals surface area contributed by atoms with Crippen molar-refractivity contribution >= 4 is 5.65 Å². The fourth-order valence-corrected chi connectivity index (χ4v) is 2.70. The van der Waals surface area contributed by atoms with Crippen LogP contribution in [0.25, 0.3) is 16.9 Å². The molecule has 0 unspecified atom stereocenters. The molecule has 4 heteroatoms. The topological polar surface area (TPSA) is 52.5 Å². The molecule has 0 spiro atoms. The van der Waals surface area contributed by atoms with E-state index in [9.17, 15) is 0 Å². The summed E-state index contributed by atoms with van der Waals surface area (Å²) >= 11 is 0. The van der Waals surface area contributed by atoms with Crippen molar-refractivity contribution in [3.8, 4) is 17.0 Å². The van der Waals surface area contributed by atoms with Crippen molar-refractivity contribution in [1.82, 2.24) is 9.38 Å². The Bertz CT molecular complexity index is 805. The summed E-state index contributed by atoms with van der Waals surface area (Å²) in [5.74, 6) is 0.882. The van der Waals surface area contributed by atoms with Gasteiger partial charge in [-0.25, -0.2) is 4.98 Å². The molecule has 108 valence electrons. The zero-order valence-corrected chi connectivity index (χ0v) is 12.6. The third-order valence-corrected chi connectivity index (χ3v) is 3.81. The molecule has 0 atom stereocenters. The van der Waals surface area contributed by atoms with Crippen molar-refractivity contribution in [3.05, 3.63) is 53.3 Å². The molecule has 0 saturated heterocycles. The molecular formula is C17H19N3O. The summed E-state index contributed by atoms with van der Waals surface area (Å²) in [5.41, 5.74) is 12.2. The SMILES string of the molecule is COc1ccc(-c2nc3c(C)cccn3c2CN)cc1C. The Morgan fingerprint density at radius 1 is 1.19 bits per heavy atom. The van der Waals surface area contributed by atoms with E-state index in [2.05, 4.69) is 23.5 Å². The molecule has 2 N–H and O–H groups in total. The van der Waals surface area contributed by atoms with Gasteiger partial charge in [0.15, 0.2) is 0 Å². The van der Waals surface area contributed by atoms with Crippen molar-refractivity contribution in [1.29, 1.82) is 0 Å². The number of nitrogens with two attached hydrogens (primary N) is 1. The number of rotatable bonds is 3. The summed E-state index contributed by atoms with van der Waals surface area (Å²) < 4.78 is 7.39. The van der Waals surface area contributed by atoms with Crippen LogP contribution in [0.3, 0.4) is 0 Å². The third kappa shape index (κ3) is 2.17. The average molecular weight is 281 g/mol. The van der Waals surface area contributed by atoms with Gasteiger partial charge in [-0.3, -0.25) is 0 Å². The molecule has 21 heavy (non-hydrogen) atoms. The Hall–Kier alpha value is -2.33. The quantitative estimate of drug-likeness (QED) is 0.802. The molecule has 1 aromatic carbocycles. The first-order valence-corrected chi connectivity index (χ1v) is 6.97. The van der Waals surface area contributed by atoms with Gasteiger partial charge in [-0.2, -0.15) is 0 Å². The minimum absolute atomic E-state index is 0.449. The smallest absolute Gasteiger partial charge is 0.140 e. The van der Waals surface area contributed by atoms with Crippen LogP contribution in [-0.2, 0) is 6.54 Å².